The predicted octanol–water partition coefficient (Wildman–Crippen LogP) is 1.54. The van der Waals surface area contributed by atoms with Gasteiger partial charge in [0.05, 0.1) is 21.1 Å². The van der Waals surface area contributed by atoms with Crippen LogP contribution in [0.1, 0.15) is 5.82 Å². The van der Waals surface area contributed by atoms with E-state index in [-0.39, 0.29) is 5.82 Å². The molecule has 0 spiro atoms. The van der Waals surface area contributed by atoms with E-state index in [1.54, 1.807) is 28.7 Å². The van der Waals surface area contributed by atoms with Gasteiger partial charge in [0.1, 0.15) is 12.1 Å². The van der Waals surface area contributed by atoms with Crippen molar-refractivity contribution < 1.29 is 4.39 Å². The Kier molecular flexibility index (Phi) is 2.88. The van der Waals surface area contributed by atoms with Gasteiger partial charge in [0.25, 0.3) is 0 Å². The molecule has 0 bridgehead atoms. The summed E-state index contributed by atoms with van der Waals surface area (Å²) in [5.74, 6) is 0.638. The van der Waals surface area contributed by atoms with Crippen molar-refractivity contribution in [2.45, 2.75) is 6.54 Å². The molecule has 0 unspecified atom stereocenters. The van der Waals surface area contributed by atoms with Crippen LogP contribution in [-0.4, -0.2) is 24.3 Å². The molecule has 0 atom stereocenters. The molecule has 0 amide bonds. The fourth-order valence-corrected chi connectivity index (χ4v) is 2.35. The third-order valence-electron chi connectivity index (χ3n) is 2.77. The summed E-state index contributed by atoms with van der Waals surface area (Å²) < 4.78 is 17.5. The van der Waals surface area contributed by atoms with Crippen LogP contribution < -0.4 is 5.73 Å². The van der Waals surface area contributed by atoms with Crippen LogP contribution in [0.2, 0.25) is 0 Å². The van der Waals surface area contributed by atoms with Crippen LogP contribution in [0.3, 0.4) is 0 Å². The second-order valence-corrected chi connectivity index (χ2v) is 5.31. The second kappa shape index (κ2) is 4.44. The van der Waals surface area contributed by atoms with E-state index in [1.807, 2.05) is 22.6 Å². The molecule has 19 heavy (non-hydrogen) atoms. The van der Waals surface area contributed by atoms with Gasteiger partial charge in [-0.3, -0.25) is 4.68 Å². The first-order valence-electron chi connectivity index (χ1n) is 5.50. The molecule has 2 N–H and O–H groups in total. The Labute approximate surface area is 121 Å². The summed E-state index contributed by atoms with van der Waals surface area (Å²) in [7, 11) is 1.79. The van der Waals surface area contributed by atoms with E-state index in [0.717, 1.165) is 0 Å². The van der Waals surface area contributed by atoms with Crippen LogP contribution in [0.15, 0.2) is 18.5 Å². The van der Waals surface area contributed by atoms with Gasteiger partial charge in [-0.1, -0.05) is 0 Å². The van der Waals surface area contributed by atoms with Crippen molar-refractivity contribution in [1.29, 1.82) is 0 Å². The molecule has 6 nitrogen and oxygen atoms in total. The lowest BCUT2D eigenvalue weighted by molar-refractivity contribution is 0.621. The number of nitrogen functional groups attached to an aromatic ring is 1. The van der Waals surface area contributed by atoms with Gasteiger partial charge < -0.3 is 10.3 Å². The molecule has 3 rings (SSSR count). The van der Waals surface area contributed by atoms with Crippen molar-refractivity contribution in [1.82, 2.24) is 24.3 Å². The lowest BCUT2D eigenvalue weighted by atomic mass is 10.3. The van der Waals surface area contributed by atoms with Crippen molar-refractivity contribution in [2.75, 3.05) is 5.73 Å². The third kappa shape index (κ3) is 2.15. The minimum absolute atomic E-state index is 0.289. The van der Waals surface area contributed by atoms with E-state index < -0.39 is 0 Å². The summed E-state index contributed by atoms with van der Waals surface area (Å²) in [4.78, 5) is 8.36. The summed E-state index contributed by atoms with van der Waals surface area (Å²) in [6.45, 7) is 0.364. The number of nitrogens with zero attached hydrogens (tertiary/aromatic N) is 5. The Morgan fingerprint density at radius 1 is 1.42 bits per heavy atom. The van der Waals surface area contributed by atoms with Crippen LogP contribution >= 0.6 is 22.6 Å². The highest BCUT2D eigenvalue weighted by Crippen LogP contribution is 2.23. The van der Waals surface area contributed by atoms with E-state index in [2.05, 4.69) is 15.1 Å². The molecule has 0 aliphatic carbocycles. The summed E-state index contributed by atoms with van der Waals surface area (Å²) in [6.07, 6.45) is 1.61. The van der Waals surface area contributed by atoms with Crippen molar-refractivity contribution >= 4 is 39.6 Å². The van der Waals surface area contributed by atoms with Gasteiger partial charge in [0.15, 0.2) is 5.82 Å². The van der Waals surface area contributed by atoms with Gasteiger partial charge in [-0.2, -0.15) is 5.10 Å². The zero-order chi connectivity index (χ0) is 13.6. The van der Waals surface area contributed by atoms with Gasteiger partial charge in [-0.25, -0.2) is 14.4 Å². The predicted molar refractivity (Wildman–Crippen MR) is 76.9 cm³/mol. The number of imidazole rings is 1. The van der Waals surface area contributed by atoms with Gasteiger partial charge in [-0.05, 0) is 28.7 Å². The van der Waals surface area contributed by atoms with Gasteiger partial charge in [0, 0.05) is 13.1 Å². The molecule has 1 aromatic carbocycles. The van der Waals surface area contributed by atoms with Crippen LogP contribution in [-0.2, 0) is 13.6 Å². The van der Waals surface area contributed by atoms with E-state index in [0.29, 0.717) is 32.9 Å². The van der Waals surface area contributed by atoms with Crippen LogP contribution in [0.5, 0.6) is 0 Å². The summed E-state index contributed by atoms with van der Waals surface area (Å²) in [5, 5.41) is 4.18. The summed E-state index contributed by atoms with van der Waals surface area (Å²) >= 11 is 1.93. The largest absolute Gasteiger partial charge is 0.369 e. The fraction of sp³-hybridized carbons (Fsp3) is 0.182. The van der Waals surface area contributed by atoms with Crippen molar-refractivity contribution in [3.05, 3.63) is 33.7 Å². The highest BCUT2D eigenvalue weighted by atomic mass is 127. The summed E-state index contributed by atoms with van der Waals surface area (Å²) in [5.41, 5.74) is 7.18. The molecule has 0 saturated heterocycles. The lowest BCUT2D eigenvalue weighted by Gasteiger charge is -2.03. The first-order chi connectivity index (χ1) is 9.04. The van der Waals surface area contributed by atoms with Gasteiger partial charge in [-0.15, -0.1) is 0 Å². The van der Waals surface area contributed by atoms with E-state index >= 15 is 0 Å². The fourth-order valence-electron chi connectivity index (χ4n) is 1.90. The number of hydrogen-bond acceptors (Lipinski definition) is 4. The molecule has 0 aliphatic heterocycles. The van der Waals surface area contributed by atoms with Crippen molar-refractivity contribution in [2.24, 2.45) is 7.05 Å². The van der Waals surface area contributed by atoms with Crippen LogP contribution in [0, 0.1) is 9.39 Å². The Hall–Kier alpha value is -1.71. The molecular weight excluding hydrogens is 362 g/mol. The van der Waals surface area contributed by atoms with Crippen molar-refractivity contribution in [3.63, 3.8) is 0 Å². The Balaban J connectivity index is 2.12. The molecule has 0 radical (unpaired) electrons. The Morgan fingerprint density at radius 2 is 2.21 bits per heavy atom. The molecular formula is C11H10FIN6. The molecule has 2 heterocycles. The number of benzene rings is 1. The molecule has 2 aromatic heterocycles. The highest BCUT2D eigenvalue weighted by molar-refractivity contribution is 14.1. The number of halogens is 2. The molecule has 98 valence electrons. The maximum Gasteiger partial charge on any atom is 0.201 e. The number of fused-ring (bicyclic) bond motifs is 1. The SMILES string of the molecule is Cn1cnc(Cn2c(N)nc3cc(I)c(F)cc32)n1. The maximum atomic E-state index is 13.7. The van der Waals surface area contributed by atoms with Crippen LogP contribution in [0.25, 0.3) is 11.0 Å². The monoisotopic (exact) mass is 372 g/mol. The number of aromatic nitrogens is 5. The number of aryl methyl sites for hydroxylation is 1. The smallest absolute Gasteiger partial charge is 0.201 e. The number of hydrogen-bond donors (Lipinski definition) is 1. The Bertz CT molecular complexity index is 762. The maximum absolute atomic E-state index is 13.7. The molecule has 0 fully saturated rings. The van der Waals surface area contributed by atoms with Gasteiger partial charge in [0.2, 0.25) is 5.95 Å². The first kappa shape index (κ1) is 12.3. The Morgan fingerprint density at radius 3 is 2.89 bits per heavy atom. The number of rotatable bonds is 2. The second-order valence-electron chi connectivity index (χ2n) is 4.15. The quantitative estimate of drug-likeness (QED) is 0.693. The minimum atomic E-state index is -0.289. The number of nitrogens with two attached hydrogens (primary N) is 1. The lowest BCUT2D eigenvalue weighted by Crippen LogP contribution is -2.06. The molecule has 0 aliphatic rings. The topological polar surface area (TPSA) is 74.5 Å². The summed E-state index contributed by atoms with van der Waals surface area (Å²) in [6, 6.07) is 3.10. The third-order valence-corrected chi connectivity index (χ3v) is 3.59. The molecule has 8 heteroatoms. The zero-order valence-corrected chi connectivity index (χ0v) is 12.2. The van der Waals surface area contributed by atoms with Crippen molar-refractivity contribution in [3.8, 4) is 0 Å². The minimum Gasteiger partial charge on any atom is -0.369 e. The average Bonchev–Trinajstić information content (AvgIpc) is 2.87. The first-order valence-corrected chi connectivity index (χ1v) is 6.58. The zero-order valence-electron chi connectivity index (χ0n) is 10.0. The molecule has 3 aromatic rings. The standard InChI is InChI=1S/C11H10FIN6/c1-18-5-15-10(17-18)4-19-9-2-6(12)7(13)3-8(9)16-11(19)14/h2-3,5H,4H2,1H3,(H2,14,16). The van der Waals surface area contributed by atoms with E-state index in [1.165, 1.54) is 6.07 Å². The molecule has 0 saturated carbocycles. The van der Waals surface area contributed by atoms with Gasteiger partial charge >= 0.3 is 0 Å². The van der Waals surface area contributed by atoms with E-state index in [9.17, 15) is 4.39 Å². The average molecular weight is 372 g/mol. The highest BCUT2D eigenvalue weighted by Gasteiger charge is 2.13. The van der Waals surface area contributed by atoms with E-state index in [4.69, 9.17) is 5.73 Å². The number of anilines is 1. The normalized spacial score (nSPS) is 11.3. The van der Waals surface area contributed by atoms with Crippen LogP contribution in [0.4, 0.5) is 10.3 Å².